The van der Waals surface area contributed by atoms with Gasteiger partial charge in [-0.05, 0) is 89.9 Å². The number of hydrogen-bond donors (Lipinski definition) is 0. The van der Waals surface area contributed by atoms with E-state index in [2.05, 4.69) is 124 Å². The third kappa shape index (κ3) is 56.9. The Balaban J connectivity index is 4.50. The van der Waals surface area contributed by atoms with Crippen molar-refractivity contribution in [1.82, 2.24) is 0 Å². The van der Waals surface area contributed by atoms with Crippen molar-refractivity contribution in [2.75, 3.05) is 13.2 Å². The van der Waals surface area contributed by atoms with Crippen LogP contribution in [0.2, 0.25) is 0 Å². The normalized spacial score (nSPS) is 12.9. The molecule has 0 N–H and O–H groups in total. The first-order chi connectivity index (χ1) is 35.0. The van der Waals surface area contributed by atoms with Gasteiger partial charge in [0.2, 0.25) is 0 Å². The van der Waals surface area contributed by atoms with Crippen molar-refractivity contribution >= 4 is 17.9 Å². The molecule has 1 atom stereocenters. The molecule has 6 nitrogen and oxygen atoms in total. The minimum Gasteiger partial charge on any atom is -0.462 e. The topological polar surface area (TPSA) is 78.9 Å². The second-order valence-electron chi connectivity index (χ2n) is 19.1. The summed E-state index contributed by atoms with van der Waals surface area (Å²) in [7, 11) is 0. The predicted octanol–water partition coefficient (Wildman–Crippen LogP) is 19.9. The summed E-state index contributed by atoms with van der Waals surface area (Å²) < 4.78 is 16.8. The maximum absolute atomic E-state index is 12.8. The Kier molecular flexibility index (Phi) is 55.4. The van der Waals surface area contributed by atoms with Gasteiger partial charge in [0.05, 0.1) is 0 Å². The number of ether oxygens (including phenoxy) is 3. The van der Waals surface area contributed by atoms with Gasteiger partial charge in [-0.3, -0.25) is 14.4 Å². The van der Waals surface area contributed by atoms with Crippen LogP contribution >= 0.6 is 0 Å². The molecule has 0 aromatic heterocycles. The molecule has 0 spiro atoms. The number of allylic oxidation sites excluding steroid dienone is 18. The Morgan fingerprint density at radius 3 is 0.915 bits per heavy atom. The lowest BCUT2D eigenvalue weighted by molar-refractivity contribution is -0.166. The summed E-state index contributed by atoms with van der Waals surface area (Å²) in [4.78, 5) is 38.2. The van der Waals surface area contributed by atoms with E-state index in [1.165, 1.54) is 103 Å². The Morgan fingerprint density at radius 2 is 0.577 bits per heavy atom. The number of carbonyl (C=O) groups excluding carboxylic acids is 3. The zero-order chi connectivity index (χ0) is 51.4. The molecule has 0 aromatic carbocycles. The molecule has 0 unspecified atom stereocenters. The van der Waals surface area contributed by atoms with Gasteiger partial charge < -0.3 is 14.2 Å². The Labute approximate surface area is 438 Å². The molecule has 0 rings (SSSR count). The van der Waals surface area contributed by atoms with Crippen LogP contribution in [0.3, 0.4) is 0 Å². The van der Waals surface area contributed by atoms with Crippen LogP contribution in [0.5, 0.6) is 0 Å². The second-order valence-corrected chi connectivity index (χ2v) is 19.1. The van der Waals surface area contributed by atoms with Crippen LogP contribution in [0.25, 0.3) is 0 Å². The van der Waals surface area contributed by atoms with E-state index >= 15 is 0 Å². The maximum Gasteiger partial charge on any atom is 0.306 e. The molecule has 0 saturated carbocycles. The van der Waals surface area contributed by atoms with Gasteiger partial charge in [-0.1, -0.05) is 265 Å². The minimum atomic E-state index is -0.827. The Morgan fingerprint density at radius 1 is 0.296 bits per heavy atom. The van der Waals surface area contributed by atoms with E-state index in [0.717, 1.165) is 116 Å². The molecule has 0 amide bonds. The van der Waals surface area contributed by atoms with Gasteiger partial charge in [0.25, 0.3) is 0 Å². The van der Waals surface area contributed by atoms with E-state index in [1.807, 2.05) is 6.08 Å². The van der Waals surface area contributed by atoms with E-state index in [-0.39, 0.29) is 31.6 Å². The molecule has 0 bridgehead atoms. The van der Waals surface area contributed by atoms with Crippen molar-refractivity contribution in [1.29, 1.82) is 0 Å². The average Bonchev–Trinajstić information content (AvgIpc) is 3.37. The van der Waals surface area contributed by atoms with E-state index in [9.17, 15) is 14.4 Å². The van der Waals surface area contributed by atoms with Gasteiger partial charge in [-0.25, -0.2) is 0 Å². The molecule has 404 valence electrons. The second kappa shape index (κ2) is 58.6. The monoisotopic (exact) mass is 985 g/mol. The molecule has 71 heavy (non-hydrogen) atoms. The quantitative estimate of drug-likeness (QED) is 0.0261. The van der Waals surface area contributed by atoms with Crippen LogP contribution in [0, 0.1) is 0 Å². The fraction of sp³-hybridized carbons (Fsp3) is 0.677. The van der Waals surface area contributed by atoms with E-state index in [4.69, 9.17) is 14.2 Å². The van der Waals surface area contributed by atoms with E-state index in [1.54, 1.807) is 0 Å². The van der Waals surface area contributed by atoms with Gasteiger partial charge in [0, 0.05) is 19.3 Å². The molecule has 0 heterocycles. The number of unbranched alkanes of at least 4 members (excludes halogenated alkanes) is 23. The standard InChI is InChI=1S/C65H108O6/c1-4-7-10-13-16-19-22-25-28-30-32-34-37-40-43-46-49-52-55-58-64(67)70-61-62(60-69-63(66)57-54-51-48-45-42-39-36-27-24-21-18-15-12-9-6-3)71-65(68)59-56-53-50-47-44-41-38-35-33-31-29-26-23-20-17-14-11-8-5-2/h8-9,11-12,17-18,20-21,26-27,29,33,35-36,41,44,50,53,62H,4-7,10,13-16,19,22-25,28,30-32,34,37-40,42-43,45-49,51-52,54-61H2,1-3H3/b11-8-,12-9-,20-17-,21-18-,29-26-,35-33-,36-27-,44-41-,53-50-/t62-/m1/s1. The molecule has 0 radical (unpaired) electrons. The lowest BCUT2D eigenvalue weighted by atomic mass is 10.0. The molecule has 0 aromatic rings. The number of rotatable bonds is 52. The third-order valence-corrected chi connectivity index (χ3v) is 12.3. The SMILES string of the molecule is CC/C=C\C/C=C\C/C=C\C/C=C\C/C=C\C/C=C\CCC(=O)O[C@H](COC(=O)CCCCCCC/C=C\C/C=C\C/C=C\CC)COC(=O)CCCCCCCCCCCCCCCCCCCCC. The highest BCUT2D eigenvalue weighted by Crippen LogP contribution is 2.16. The first-order valence-corrected chi connectivity index (χ1v) is 29.4. The summed E-state index contributed by atoms with van der Waals surface area (Å²) in [5.74, 6) is -1.01. The lowest BCUT2D eigenvalue weighted by Gasteiger charge is -2.18. The fourth-order valence-electron chi connectivity index (χ4n) is 7.95. The number of hydrogen-bond acceptors (Lipinski definition) is 6. The maximum atomic E-state index is 12.8. The van der Waals surface area contributed by atoms with Crippen molar-refractivity contribution in [3.05, 3.63) is 109 Å². The zero-order valence-electron chi connectivity index (χ0n) is 46.2. The average molecular weight is 986 g/mol. The van der Waals surface area contributed by atoms with Crippen LogP contribution in [-0.2, 0) is 28.6 Å². The molecule has 6 heteroatoms. The summed E-state index contributed by atoms with van der Waals surface area (Å²) in [5, 5.41) is 0. The molecule has 0 aliphatic carbocycles. The van der Waals surface area contributed by atoms with Crippen LogP contribution in [-0.4, -0.2) is 37.2 Å². The predicted molar refractivity (Wildman–Crippen MR) is 307 cm³/mol. The highest BCUT2D eigenvalue weighted by atomic mass is 16.6. The van der Waals surface area contributed by atoms with Gasteiger partial charge in [-0.2, -0.15) is 0 Å². The summed E-state index contributed by atoms with van der Waals surface area (Å²) >= 11 is 0. The van der Waals surface area contributed by atoms with Crippen molar-refractivity contribution in [2.24, 2.45) is 0 Å². The summed E-state index contributed by atoms with van der Waals surface area (Å²) in [6.45, 7) is 6.35. The molecular formula is C65H108O6. The minimum absolute atomic E-state index is 0.113. The Hall–Kier alpha value is -3.93. The van der Waals surface area contributed by atoms with Gasteiger partial charge >= 0.3 is 17.9 Å². The van der Waals surface area contributed by atoms with Crippen molar-refractivity contribution in [3.63, 3.8) is 0 Å². The van der Waals surface area contributed by atoms with Crippen molar-refractivity contribution in [2.45, 2.75) is 271 Å². The zero-order valence-corrected chi connectivity index (χ0v) is 46.2. The molecule has 0 saturated heterocycles. The highest BCUT2D eigenvalue weighted by molar-refractivity contribution is 5.71. The summed E-state index contributed by atoms with van der Waals surface area (Å²) in [6, 6.07) is 0. The smallest absolute Gasteiger partial charge is 0.306 e. The lowest BCUT2D eigenvalue weighted by Crippen LogP contribution is -2.30. The van der Waals surface area contributed by atoms with Crippen molar-refractivity contribution in [3.8, 4) is 0 Å². The molecule has 0 fully saturated rings. The van der Waals surface area contributed by atoms with Gasteiger partial charge in [-0.15, -0.1) is 0 Å². The third-order valence-electron chi connectivity index (χ3n) is 12.3. The van der Waals surface area contributed by atoms with Gasteiger partial charge in [0.15, 0.2) is 6.10 Å². The number of esters is 3. The van der Waals surface area contributed by atoms with Crippen LogP contribution in [0.15, 0.2) is 109 Å². The Bertz CT molecular complexity index is 1460. The van der Waals surface area contributed by atoms with E-state index < -0.39 is 12.1 Å². The fourth-order valence-corrected chi connectivity index (χ4v) is 7.95. The summed E-state index contributed by atoms with van der Waals surface area (Å²) in [5.41, 5.74) is 0. The van der Waals surface area contributed by atoms with Gasteiger partial charge in [0.1, 0.15) is 13.2 Å². The first-order valence-electron chi connectivity index (χ1n) is 29.4. The van der Waals surface area contributed by atoms with Crippen LogP contribution < -0.4 is 0 Å². The largest absolute Gasteiger partial charge is 0.462 e. The van der Waals surface area contributed by atoms with E-state index in [0.29, 0.717) is 19.3 Å². The molecule has 0 aliphatic heterocycles. The molecule has 0 aliphatic rings. The highest BCUT2D eigenvalue weighted by Gasteiger charge is 2.19. The summed E-state index contributed by atoms with van der Waals surface area (Å²) in [6.07, 6.45) is 79.5. The van der Waals surface area contributed by atoms with Crippen LogP contribution in [0.1, 0.15) is 265 Å². The molecular weight excluding hydrogens is 877 g/mol. The first kappa shape index (κ1) is 67.1. The number of carbonyl (C=O) groups is 3. The van der Waals surface area contributed by atoms with Crippen LogP contribution in [0.4, 0.5) is 0 Å². The van der Waals surface area contributed by atoms with Crippen molar-refractivity contribution < 1.29 is 28.6 Å².